The van der Waals surface area contributed by atoms with E-state index in [4.69, 9.17) is 0 Å². The van der Waals surface area contributed by atoms with Gasteiger partial charge in [0.2, 0.25) is 0 Å². The van der Waals surface area contributed by atoms with Crippen molar-refractivity contribution in [1.29, 1.82) is 0 Å². The molecule has 0 aliphatic rings. The molecule has 0 bridgehead atoms. The molecule has 0 atom stereocenters. The number of halogens is 1. The average Bonchev–Trinajstić information content (AvgIpc) is 2.60. The van der Waals surface area contributed by atoms with Crippen LogP contribution in [-0.4, -0.2) is 15.9 Å². The number of hydrogen-bond acceptors (Lipinski definition) is 4. The van der Waals surface area contributed by atoms with Crippen molar-refractivity contribution in [2.75, 3.05) is 10.6 Å². The fourth-order valence-electron chi connectivity index (χ4n) is 2.10. The van der Waals surface area contributed by atoms with Gasteiger partial charge in [0, 0.05) is 15.8 Å². The molecule has 3 rings (SSSR count). The molecule has 2 aromatic carbocycles. The third-order valence-corrected chi connectivity index (χ3v) is 4.24. The fourth-order valence-corrected chi connectivity index (χ4v) is 2.34. The van der Waals surface area contributed by atoms with Crippen LogP contribution >= 0.6 is 15.9 Å². The van der Waals surface area contributed by atoms with Gasteiger partial charge in [0.25, 0.3) is 5.91 Å². The minimum absolute atomic E-state index is 0.261. The number of benzene rings is 2. The van der Waals surface area contributed by atoms with Crippen LogP contribution in [0.2, 0.25) is 0 Å². The molecular weight excluding hydrogens is 368 g/mol. The molecule has 0 fully saturated rings. The van der Waals surface area contributed by atoms with Gasteiger partial charge in [0.1, 0.15) is 11.5 Å². The van der Waals surface area contributed by atoms with E-state index in [0.29, 0.717) is 5.82 Å². The maximum Gasteiger partial charge on any atom is 0.275 e. The SMILES string of the molecule is Cc1cc(Nc2cnc(C(=O)Nc3ccccc3)cn2)ccc1Br. The highest BCUT2D eigenvalue weighted by molar-refractivity contribution is 9.10. The van der Waals surface area contributed by atoms with Crippen molar-refractivity contribution in [2.45, 2.75) is 6.92 Å². The minimum Gasteiger partial charge on any atom is -0.339 e. The Labute approximate surface area is 148 Å². The molecule has 2 N–H and O–H groups in total. The van der Waals surface area contributed by atoms with E-state index in [1.54, 1.807) is 0 Å². The first kappa shape index (κ1) is 16.1. The molecule has 24 heavy (non-hydrogen) atoms. The van der Waals surface area contributed by atoms with E-state index in [1.807, 2.05) is 55.5 Å². The first-order valence-electron chi connectivity index (χ1n) is 7.33. The summed E-state index contributed by atoms with van der Waals surface area (Å²) < 4.78 is 1.05. The summed E-state index contributed by atoms with van der Waals surface area (Å²) in [6.45, 7) is 2.01. The van der Waals surface area contributed by atoms with Gasteiger partial charge >= 0.3 is 0 Å². The van der Waals surface area contributed by atoms with E-state index < -0.39 is 0 Å². The minimum atomic E-state index is -0.292. The van der Waals surface area contributed by atoms with Crippen molar-refractivity contribution in [3.63, 3.8) is 0 Å². The molecule has 120 valence electrons. The second-order valence-electron chi connectivity index (χ2n) is 5.20. The van der Waals surface area contributed by atoms with Crippen LogP contribution in [0.3, 0.4) is 0 Å². The zero-order valence-corrected chi connectivity index (χ0v) is 14.5. The van der Waals surface area contributed by atoms with Crippen LogP contribution in [-0.2, 0) is 0 Å². The number of para-hydroxylation sites is 1. The molecule has 5 nitrogen and oxygen atoms in total. The number of carbonyl (C=O) groups is 1. The molecule has 1 aromatic heterocycles. The van der Waals surface area contributed by atoms with E-state index in [9.17, 15) is 4.79 Å². The second kappa shape index (κ2) is 7.23. The van der Waals surface area contributed by atoms with E-state index in [2.05, 4.69) is 36.5 Å². The number of aryl methyl sites for hydroxylation is 1. The molecule has 0 aliphatic heterocycles. The summed E-state index contributed by atoms with van der Waals surface area (Å²) in [4.78, 5) is 20.5. The standard InChI is InChI=1S/C18H15BrN4O/c1-12-9-14(7-8-15(12)19)22-17-11-20-16(10-21-17)18(24)23-13-5-3-2-4-6-13/h2-11H,1H3,(H,21,22)(H,23,24). The van der Waals surface area contributed by atoms with Gasteiger partial charge in [0.15, 0.2) is 0 Å². The van der Waals surface area contributed by atoms with Crippen LogP contribution < -0.4 is 10.6 Å². The second-order valence-corrected chi connectivity index (χ2v) is 6.05. The Morgan fingerprint density at radius 1 is 1.00 bits per heavy atom. The Hall–Kier alpha value is -2.73. The summed E-state index contributed by atoms with van der Waals surface area (Å²) in [5.74, 6) is 0.285. The number of aromatic nitrogens is 2. The number of nitrogens with zero attached hydrogens (tertiary/aromatic N) is 2. The van der Waals surface area contributed by atoms with Gasteiger partial charge in [-0.1, -0.05) is 34.1 Å². The molecular formula is C18H15BrN4O. The number of nitrogens with one attached hydrogen (secondary N) is 2. The zero-order valence-electron chi connectivity index (χ0n) is 13.0. The van der Waals surface area contributed by atoms with Gasteiger partial charge in [-0.15, -0.1) is 0 Å². The lowest BCUT2D eigenvalue weighted by molar-refractivity contribution is 0.102. The number of hydrogen-bond donors (Lipinski definition) is 2. The Balaban J connectivity index is 1.68. The zero-order chi connectivity index (χ0) is 16.9. The van der Waals surface area contributed by atoms with Gasteiger partial charge in [-0.25, -0.2) is 9.97 Å². The van der Waals surface area contributed by atoms with Crippen LogP contribution in [0.25, 0.3) is 0 Å². The van der Waals surface area contributed by atoms with Crippen molar-refractivity contribution in [1.82, 2.24) is 9.97 Å². The van der Waals surface area contributed by atoms with Gasteiger partial charge < -0.3 is 10.6 Å². The number of amides is 1. The Bertz CT molecular complexity index is 851. The Morgan fingerprint density at radius 3 is 2.46 bits per heavy atom. The lowest BCUT2D eigenvalue weighted by atomic mass is 10.2. The van der Waals surface area contributed by atoms with Crippen LogP contribution in [0.4, 0.5) is 17.2 Å². The molecule has 0 radical (unpaired) electrons. The molecule has 0 aliphatic carbocycles. The molecule has 1 amide bonds. The molecule has 0 saturated carbocycles. The monoisotopic (exact) mass is 382 g/mol. The summed E-state index contributed by atoms with van der Waals surface area (Å²) in [7, 11) is 0. The largest absolute Gasteiger partial charge is 0.339 e. The van der Waals surface area contributed by atoms with E-state index in [1.165, 1.54) is 12.4 Å². The van der Waals surface area contributed by atoms with Crippen molar-refractivity contribution < 1.29 is 4.79 Å². The molecule has 0 saturated heterocycles. The lowest BCUT2D eigenvalue weighted by Gasteiger charge is -2.08. The van der Waals surface area contributed by atoms with Crippen molar-refractivity contribution >= 4 is 39.0 Å². The topological polar surface area (TPSA) is 66.9 Å². The van der Waals surface area contributed by atoms with Gasteiger partial charge in [0.05, 0.1) is 12.4 Å². The quantitative estimate of drug-likeness (QED) is 0.694. The maximum atomic E-state index is 12.1. The third kappa shape index (κ3) is 3.97. The van der Waals surface area contributed by atoms with Crippen LogP contribution in [0.5, 0.6) is 0 Å². The Kier molecular flexibility index (Phi) is 4.86. The van der Waals surface area contributed by atoms with E-state index in [0.717, 1.165) is 21.4 Å². The summed E-state index contributed by atoms with van der Waals surface area (Å²) >= 11 is 3.47. The first-order valence-corrected chi connectivity index (χ1v) is 8.13. The smallest absolute Gasteiger partial charge is 0.275 e. The highest BCUT2D eigenvalue weighted by Crippen LogP contribution is 2.22. The van der Waals surface area contributed by atoms with Gasteiger partial charge in [-0.2, -0.15) is 0 Å². The summed E-state index contributed by atoms with van der Waals surface area (Å²) in [6.07, 6.45) is 2.99. The average molecular weight is 383 g/mol. The van der Waals surface area contributed by atoms with Crippen LogP contribution in [0.1, 0.15) is 16.1 Å². The number of carbonyl (C=O) groups excluding carboxylic acids is 1. The normalized spacial score (nSPS) is 10.2. The number of anilines is 3. The first-order chi connectivity index (χ1) is 11.6. The summed E-state index contributed by atoms with van der Waals surface area (Å²) in [5.41, 5.74) is 3.01. The van der Waals surface area contributed by atoms with Crippen molar-refractivity contribution in [3.8, 4) is 0 Å². The molecule has 3 aromatic rings. The lowest BCUT2D eigenvalue weighted by Crippen LogP contribution is -2.14. The summed E-state index contributed by atoms with van der Waals surface area (Å²) in [5, 5.41) is 5.94. The summed E-state index contributed by atoms with van der Waals surface area (Å²) in [6, 6.07) is 15.1. The van der Waals surface area contributed by atoms with Crippen LogP contribution in [0.15, 0.2) is 65.4 Å². The molecule has 0 spiro atoms. The molecule has 1 heterocycles. The predicted octanol–water partition coefficient (Wildman–Crippen LogP) is 4.54. The predicted molar refractivity (Wildman–Crippen MR) is 98.6 cm³/mol. The molecule has 0 unspecified atom stereocenters. The Morgan fingerprint density at radius 2 is 1.79 bits per heavy atom. The van der Waals surface area contributed by atoms with E-state index >= 15 is 0 Å². The van der Waals surface area contributed by atoms with Gasteiger partial charge in [-0.05, 0) is 42.8 Å². The number of rotatable bonds is 4. The highest BCUT2D eigenvalue weighted by Gasteiger charge is 2.08. The van der Waals surface area contributed by atoms with E-state index in [-0.39, 0.29) is 11.6 Å². The van der Waals surface area contributed by atoms with Gasteiger partial charge in [-0.3, -0.25) is 4.79 Å². The maximum absolute atomic E-state index is 12.1. The fraction of sp³-hybridized carbons (Fsp3) is 0.0556. The highest BCUT2D eigenvalue weighted by atomic mass is 79.9. The van der Waals surface area contributed by atoms with Crippen LogP contribution in [0, 0.1) is 6.92 Å². The van der Waals surface area contributed by atoms with Crippen molar-refractivity contribution in [3.05, 3.63) is 76.7 Å². The van der Waals surface area contributed by atoms with Crippen molar-refractivity contribution in [2.24, 2.45) is 0 Å². The third-order valence-electron chi connectivity index (χ3n) is 3.35. The molecule has 6 heteroatoms.